The fourth-order valence-electron chi connectivity index (χ4n) is 2.15. The van der Waals surface area contributed by atoms with Gasteiger partial charge in [0.2, 0.25) is 11.8 Å². The largest absolute Gasteiger partial charge is 0.334 e. The molecular formula is C14H16N2O3. The van der Waals surface area contributed by atoms with Crippen LogP contribution in [0.2, 0.25) is 0 Å². The molecular weight excluding hydrogens is 244 g/mol. The lowest BCUT2D eigenvalue weighted by atomic mass is 10.1. The summed E-state index contributed by atoms with van der Waals surface area (Å²) in [4.78, 5) is 36.2. The smallest absolute Gasteiger partial charge is 0.247 e. The van der Waals surface area contributed by atoms with E-state index < -0.39 is 6.04 Å². The van der Waals surface area contributed by atoms with Gasteiger partial charge in [-0.15, -0.1) is 0 Å². The van der Waals surface area contributed by atoms with Gasteiger partial charge < -0.3 is 10.2 Å². The number of amides is 2. The zero-order valence-corrected chi connectivity index (χ0v) is 11.0. The number of carbonyl (C=O) groups excluding carboxylic acids is 3. The molecule has 1 aliphatic rings. The SMILES string of the molecule is CC(=O)c1cccc(NC(=O)C2CCC(=O)N2C)c1. The second-order valence-corrected chi connectivity index (χ2v) is 4.69. The molecule has 2 rings (SSSR count). The highest BCUT2D eigenvalue weighted by Gasteiger charge is 2.33. The normalized spacial score (nSPS) is 18.5. The number of Topliss-reactive ketones (excluding diaryl/α,β-unsaturated/α-hetero) is 1. The number of rotatable bonds is 3. The summed E-state index contributed by atoms with van der Waals surface area (Å²) in [7, 11) is 1.63. The van der Waals surface area contributed by atoms with Crippen molar-refractivity contribution in [2.24, 2.45) is 0 Å². The zero-order chi connectivity index (χ0) is 14.0. The lowest BCUT2D eigenvalue weighted by molar-refractivity contribution is -0.131. The summed E-state index contributed by atoms with van der Waals surface area (Å²) in [5.41, 5.74) is 1.12. The van der Waals surface area contributed by atoms with Gasteiger partial charge in [0.05, 0.1) is 0 Å². The number of hydrogen-bond donors (Lipinski definition) is 1. The Morgan fingerprint density at radius 2 is 2.11 bits per heavy atom. The molecule has 2 amide bonds. The van der Waals surface area contributed by atoms with Gasteiger partial charge in [0.1, 0.15) is 6.04 Å². The molecule has 1 aliphatic heterocycles. The van der Waals surface area contributed by atoms with Gasteiger partial charge in [0, 0.05) is 24.7 Å². The molecule has 0 aliphatic carbocycles. The fraction of sp³-hybridized carbons (Fsp3) is 0.357. The Kier molecular flexibility index (Phi) is 3.64. The van der Waals surface area contributed by atoms with Gasteiger partial charge in [-0.3, -0.25) is 14.4 Å². The van der Waals surface area contributed by atoms with E-state index in [-0.39, 0.29) is 17.6 Å². The standard InChI is InChI=1S/C14H16N2O3/c1-9(17)10-4-3-5-11(8-10)15-14(19)12-6-7-13(18)16(12)2/h3-5,8,12H,6-7H2,1-2H3,(H,15,19). The summed E-state index contributed by atoms with van der Waals surface area (Å²) in [6, 6.07) is 6.35. The molecule has 1 atom stereocenters. The first-order chi connectivity index (χ1) is 8.99. The molecule has 1 unspecified atom stereocenters. The van der Waals surface area contributed by atoms with E-state index in [1.165, 1.54) is 11.8 Å². The molecule has 0 aromatic heterocycles. The number of likely N-dealkylation sites (N-methyl/N-ethyl adjacent to an activating group) is 1. The van der Waals surface area contributed by atoms with E-state index in [0.717, 1.165) is 0 Å². The Morgan fingerprint density at radius 1 is 1.37 bits per heavy atom. The second kappa shape index (κ2) is 5.22. The van der Waals surface area contributed by atoms with E-state index in [4.69, 9.17) is 0 Å². The van der Waals surface area contributed by atoms with Crippen LogP contribution in [0.25, 0.3) is 0 Å². The fourth-order valence-corrected chi connectivity index (χ4v) is 2.15. The molecule has 1 saturated heterocycles. The predicted molar refractivity (Wildman–Crippen MR) is 70.9 cm³/mol. The quantitative estimate of drug-likeness (QED) is 0.836. The molecule has 100 valence electrons. The van der Waals surface area contributed by atoms with E-state index in [9.17, 15) is 14.4 Å². The first kappa shape index (κ1) is 13.3. The van der Waals surface area contributed by atoms with Crippen LogP contribution >= 0.6 is 0 Å². The van der Waals surface area contributed by atoms with Gasteiger partial charge in [-0.25, -0.2) is 0 Å². The average molecular weight is 260 g/mol. The molecule has 5 heteroatoms. The molecule has 19 heavy (non-hydrogen) atoms. The summed E-state index contributed by atoms with van der Waals surface area (Å²) in [6.07, 6.45) is 0.940. The zero-order valence-electron chi connectivity index (χ0n) is 11.0. The summed E-state index contributed by atoms with van der Waals surface area (Å²) in [5.74, 6) is -0.282. The van der Waals surface area contributed by atoms with Crippen molar-refractivity contribution >= 4 is 23.3 Å². The number of nitrogens with zero attached hydrogens (tertiary/aromatic N) is 1. The van der Waals surface area contributed by atoms with Crippen LogP contribution in [-0.2, 0) is 9.59 Å². The Balaban J connectivity index is 2.09. The van der Waals surface area contributed by atoms with Crippen molar-refractivity contribution in [3.63, 3.8) is 0 Å². The number of nitrogens with one attached hydrogen (secondary N) is 1. The van der Waals surface area contributed by atoms with Crippen molar-refractivity contribution in [2.45, 2.75) is 25.8 Å². The van der Waals surface area contributed by atoms with Crippen LogP contribution < -0.4 is 5.32 Å². The van der Waals surface area contributed by atoms with Crippen molar-refractivity contribution < 1.29 is 14.4 Å². The minimum absolute atomic E-state index is 0.0161. The predicted octanol–water partition coefficient (Wildman–Crippen LogP) is 1.45. The molecule has 0 radical (unpaired) electrons. The summed E-state index contributed by atoms with van der Waals surface area (Å²) < 4.78 is 0. The Bertz CT molecular complexity index is 539. The maximum absolute atomic E-state index is 12.1. The van der Waals surface area contributed by atoms with Crippen molar-refractivity contribution in [1.82, 2.24) is 4.90 Å². The van der Waals surface area contributed by atoms with E-state index in [0.29, 0.717) is 24.1 Å². The van der Waals surface area contributed by atoms with Crippen LogP contribution in [0.15, 0.2) is 24.3 Å². The minimum Gasteiger partial charge on any atom is -0.334 e. The highest BCUT2D eigenvalue weighted by molar-refractivity contribution is 6.00. The average Bonchev–Trinajstić information content (AvgIpc) is 2.70. The molecule has 1 aromatic rings. The van der Waals surface area contributed by atoms with Gasteiger partial charge in [-0.05, 0) is 25.5 Å². The highest BCUT2D eigenvalue weighted by atomic mass is 16.2. The molecule has 1 N–H and O–H groups in total. The third-order valence-corrected chi connectivity index (χ3v) is 3.33. The lowest BCUT2D eigenvalue weighted by Gasteiger charge is -2.19. The van der Waals surface area contributed by atoms with Crippen LogP contribution in [0.1, 0.15) is 30.1 Å². The molecule has 0 bridgehead atoms. The number of hydrogen-bond acceptors (Lipinski definition) is 3. The van der Waals surface area contributed by atoms with Gasteiger partial charge >= 0.3 is 0 Å². The van der Waals surface area contributed by atoms with Crippen LogP contribution in [0.3, 0.4) is 0 Å². The lowest BCUT2D eigenvalue weighted by Crippen LogP contribution is -2.38. The van der Waals surface area contributed by atoms with Crippen LogP contribution in [0, 0.1) is 0 Å². The Morgan fingerprint density at radius 3 is 2.68 bits per heavy atom. The van der Waals surface area contributed by atoms with Crippen molar-refractivity contribution in [1.29, 1.82) is 0 Å². The van der Waals surface area contributed by atoms with Crippen LogP contribution in [-0.4, -0.2) is 35.6 Å². The maximum atomic E-state index is 12.1. The Hall–Kier alpha value is -2.17. The number of carbonyl (C=O) groups is 3. The minimum atomic E-state index is -0.423. The van der Waals surface area contributed by atoms with Gasteiger partial charge in [0.15, 0.2) is 5.78 Å². The molecule has 1 aromatic carbocycles. The number of anilines is 1. The van der Waals surface area contributed by atoms with E-state index in [1.807, 2.05) is 0 Å². The number of benzene rings is 1. The van der Waals surface area contributed by atoms with Gasteiger partial charge in [-0.2, -0.15) is 0 Å². The van der Waals surface area contributed by atoms with E-state index in [1.54, 1.807) is 31.3 Å². The molecule has 1 heterocycles. The molecule has 0 saturated carbocycles. The monoisotopic (exact) mass is 260 g/mol. The van der Waals surface area contributed by atoms with E-state index in [2.05, 4.69) is 5.32 Å². The first-order valence-electron chi connectivity index (χ1n) is 6.16. The second-order valence-electron chi connectivity index (χ2n) is 4.69. The third-order valence-electron chi connectivity index (χ3n) is 3.33. The highest BCUT2D eigenvalue weighted by Crippen LogP contribution is 2.19. The van der Waals surface area contributed by atoms with Crippen molar-refractivity contribution in [3.05, 3.63) is 29.8 Å². The van der Waals surface area contributed by atoms with Crippen LogP contribution in [0.5, 0.6) is 0 Å². The third kappa shape index (κ3) is 2.81. The van der Waals surface area contributed by atoms with E-state index >= 15 is 0 Å². The van der Waals surface area contributed by atoms with Crippen molar-refractivity contribution in [2.75, 3.05) is 12.4 Å². The van der Waals surface area contributed by atoms with Gasteiger partial charge in [0.25, 0.3) is 0 Å². The molecule has 0 spiro atoms. The maximum Gasteiger partial charge on any atom is 0.247 e. The molecule has 5 nitrogen and oxygen atoms in total. The number of likely N-dealkylation sites (tertiary alicyclic amines) is 1. The van der Waals surface area contributed by atoms with Crippen molar-refractivity contribution in [3.8, 4) is 0 Å². The number of ketones is 1. The summed E-state index contributed by atoms with van der Waals surface area (Å²) >= 11 is 0. The van der Waals surface area contributed by atoms with Crippen LogP contribution in [0.4, 0.5) is 5.69 Å². The molecule has 1 fully saturated rings. The van der Waals surface area contributed by atoms with Gasteiger partial charge in [-0.1, -0.05) is 12.1 Å². The Labute approximate surface area is 111 Å². The first-order valence-corrected chi connectivity index (χ1v) is 6.16. The topological polar surface area (TPSA) is 66.5 Å². The summed E-state index contributed by atoms with van der Waals surface area (Å²) in [5, 5.41) is 2.75. The summed E-state index contributed by atoms with van der Waals surface area (Å²) in [6.45, 7) is 1.48.